The largest absolute Gasteiger partial charge is 0.480 e. The van der Waals surface area contributed by atoms with Crippen LogP contribution in [0.5, 0.6) is 0 Å². The number of likely N-dealkylation sites (tertiary alicyclic amines) is 1. The van der Waals surface area contributed by atoms with Crippen LogP contribution in [0, 0.1) is 11.8 Å². The number of fused-ring (bicyclic) bond motifs is 1. The smallest absolute Gasteiger partial charge is 0.326 e. The van der Waals surface area contributed by atoms with E-state index >= 15 is 0 Å². The number of rotatable bonds is 3. The molecule has 0 bridgehead atoms. The van der Waals surface area contributed by atoms with E-state index in [1.807, 2.05) is 7.05 Å². The number of hydrogen-bond donors (Lipinski definition) is 2. The van der Waals surface area contributed by atoms with E-state index in [0.717, 1.165) is 25.7 Å². The average Bonchev–Trinajstić information content (AvgIpc) is 3.10. The van der Waals surface area contributed by atoms with Gasteiger partial charge in [-0.05, 0) is 32.2 Å². The molecule has 1 saturated carbocycles. The molecule has 6 heteroatoms. The van der Waals surface area contributed by atoms with Crippen LogP contribution in [0.15, 0.2) is 0 Å². The molecule has 2 N–H and O–H groups in total. The van der Waals surface area contributed by atoms with E-state index in [0.29, 0.717) is 25.6 Å². The normalized spacial score (nSPS) is 39.3. The van der Waals surface area contributed by atoms with Crippen LogP contribution in [0.25, 0.3) is 0 Å². The van der Waals surface area contributed by atoms with Crippen LogP contribution in [-0.4, -0.2) is 60.3 Å². The lowest BCUT2D eigenvalue weighted by molar-refractivity contribution is -0.152. The standard InChI is InChI=1S/C15H24N2O4/c1-16-11-8-21-7-10(11)14(18)17-12-5-3-2-4-9(12)6-13(17)15(19)20/h9-13,16H,2-8H2,1H3,(H,19,20). The zero-order valence-electron chi connectivity index (χ0n) is 12.5. The molecule has 0 aromatic carbocycles. The zero-order chi connectivity index (χ0) is 15.0. The molecule has 3 rings (SSSR count). The van der Waals surface area contributed by atoms with Crippen LogP contribution < -0.4 is 5.32 Å². The lowest BCUT2D eigenvalue weighted by Crippen LogP contribution is -2.52. The summed E-state index contributed by atoms with van der Waals surface area (Å²) in [5.41, 5.74) is 0. The number of hydrogen-bond acceptors (Lipinski definition) is 4. The van der Waals surface area contributed by atoms with Gasteiger partial charge in [-0.15, -0.1) is 0 Å². The van der Waals surface area contributed by atoms with Crippen molar-refractivity contribution in [2.75, 3.05) is 20.3 Å². The number of ether oxygens (including phenoxy) is 1. The number of carboxylic acids is 1. The van der Waals surface area contributed by atoms with Crippen molar-refractivity contribution in [3.63, 3.8) is 0 Å². The fourth-order valence-corrected chi connectivity index (χ4v) is 4.27. The number of carbonyl (C=O) groups is 2. The first-order chi connectivity index (χ1) is 10.1. The minimum Gasteiger partial charge on any atom is -0.480 e. The van der Waals surface area contributed by atoms with E-state index in [4.69, 9.17) is 4.74 Å². The van der Waals surface area contributed by atoms with Gasteiger partial charge in [0.05, 0.1) is 19.1 Å². The summed E-state index contributed by atoms with van der Waals surface area (Å²) in [6, 6.07) is -0.538. The summed E-state index contributed by atoms with van der Waals surface area (Å²) in [6.45, 7) is 0.914. The van der Waals surface area contributed by atoms with Crippen molar-refractivity contribution in [2.24, 2.45) is 11.8 Å². The molecule has 0 aromatic rings. The average molecular weight is 296 g/mol. The predicted octanol–water partition coefficient (Wildman–Crippen LogP) is 0.465. The molecule has 3 fully saturated rings. The van der Waals surface area contributed by atoms with Crippen molar-refractivity contribution >= 4 is 11.9 Å². The van der Waals surface area contributed by atoms with Gasteiger partial charge in [0, 0.05) is 12.1 Å². The van der Waals surface area contributed by atoms with Gasteiger partial charge in [0.25, 0.3) is 0 Å². The summed E-state index contributed by atoms with van der Waals surface area (Å²) >= 11 is 0. The van der Waals surface area contributed by atoms with Crippen LogP contribution in [0.3, 0.4) is 0 Å². The van der Waals surface area contributed by atoms with Crippen LogP contribution >= 0.6 is 0 Å². The van der Waals surface area contributed by atoms with E-state index in [9.17, 15) is 14.7 Å². The molecule has 0 aromatic heterocycles. The van der Waals surface area contributed by atoms with Gasteiger partial charge < -0.3 is 20.1 Å². The lowest BCUT2D eigenvalue weighted by atomic mass is 9.84. The van der Waals surface area contributed by atoms with Gasteiger partial charge in [-0.25, -0.2) is 4.79 Å². The van der Waals surface area contributed by atoms with Crippen molar-refractivity contribution in [1.29, 1.82) is 0 Å². The summed E-state index contributed by atoms with van der Waals surface area (Å²) in [7, 11) is 1.82. The molecule has 1 aliphatic carbocycles. The fourth-order valence-electron chi connectivity index (χ4n) is 4.27. The number of nitrogens with one attached hydrogen (secondary N) is 1. The second-order valence-corrected chi connectivity index (χ2v) is 6.49. The molecule has 0 radical (unpaired) electrons. The first-order valence-electron chi connectivity index (χ1n) is 7.93. The Hall–Kier alpha value is -1.14. The Kier molecular flexibility index (Phi) is 4.17. The first kappa shape index (κ1) is 14.8. The molecule has 5 atom stereocenters. The highest BCUT2D eigenvalue weighted by Gasteiger charge is 2.50. The minimum atomic E-state index is -0.863. The number of likely N-dealkylation sites (N-methyl/N-ethyl adjacent to an activating group) is 1. The molecule has 2 heterocycles. The van der Waals surface area contributed by atoms with Crippen molar-refractivity contribution in [1.82, 2.24) is 10.2 Å². The Morgan fingerprint density at radius 3 is 2.71 bits per heavy atom. The molecule has 0 spiro atoms. The number of carbonyl (C=O) groups excluding carboxylic acids is 1. The summed E-state index contributed by atoms with van der Waals surface area (Å²) in [5, 5.41) is 12.6. The van der Waals surface area contributed by atoms with Gasteiger partial charge in [0.15, 0.2) is 0 Å². The highest BCUT2D eigenvalue weighted by molar-refractivity contribution is 5.87. The minimum absolute atomic E-state index is 0.00501. The monoisotopic (exact) mass is 296 g/mol. The SMILES string of the molecule is CNC1COCC1C(=O)N1C(C(=O)O)CC2CCCCC21. The second-order valence-electron chi connectivity index (χ2n) is 6.49. The number of carboxylic acid groups (broad SMARTS) is 1. The number of nitrogens with zero attached hydrogens (tertiary/aromatic N) is 1. The highest BCUT2D eigenvalue weighted by Crippen LogP contribution is 2.41. The first-order valence-corrected chi connectivity index (χ1v) is 7.93. The van der Waals surface area contributed by atoms with Gasteiger partial charge in [0.2, 0.25) is 5.91 Å². The van der Waals surface area contributed by atoms with E-state index in [-0.39, 0.29) is 23.9 Å². The Balaban J connectivity index is 1.82. The Morgan fingerprint density at radius 2 is 2.00 bits per heavy atom. The van der Waals surface area contributed by atoms with Gasteiger partial charge >= 0.3 is 5.97 Å². The van der Waals surface area contributed by atoms with Crippen molar-refractivity contribution in [2.45, 2.75) is 50.2 Å². The van der Waals surface area contributed by atoms with Crippen LogP contribution in [0.1, 0.15) is 32.1 Å². The van der Waals surface area contributed by atoms with Crippen LogP contribution in [0.2, 0.25) is 0 Å². The van der Waals surface area contributed by atoms with E-state index in [2.05, 4.69) is 5.32 Å². The van der Waals surface area contributed by atoms with Crippen molar-refractivity contribution in [3.05, 3.63) is 0 Å². The summed E-state index contributed by atoms with van der Waals surface area (Å²) in [5.74, 6) is -0.789. The molecule has 118 valence electrons. The van der Waals surface area contributed by atoms with Gasteiger partial charge in [-0.2, -0.15) is 0 Å². The maximum Gasteiger partial charge on any atom is 0.326 e. The third kappa shape index (κ3) is 2.55. The Bertz CT molecular complexity index is 428. The molecule has 21 heavy (non-hydrogen) atoms. The van der Waals surface area contributed by atoms with Crippen molar-refractivity contribution < 1.29 is 19.4 Å². The maximum absolute atomic E-state index is 12.9. The number of amides is 1. The molecule has 3 aliphatic rings. The Morgan fingerprint density at radius 1 is 1.24 bits per heavy atom. The molecule has 5 unspecified atom stereocenters. The summed E-state index contributed by atoms with van der Waals surface area (Å²) < 4.78 is 5.42. The molecular formula is C15H24N2O4. The van der Waals surface area contributed by atoms with Crippen LogP contribution in [-0.2, 0) is 14.3 Å². The summed E-state index contributed by atoms with van der Waals surface area (Å²) in [6.07, 6.45) is 4.85. The van der Waals surface area contributed by atoms with Gasteiger partial charge in [-0.1, -0.05) is 12.8 Å². The van der Waals surface area contributed by atoms with E-state index in [1.54, 1.807) is 4.90 Å². The quantitative estimate of drug-likeness (QED) is 0.791. The fraction of sp³-hybridized carbons (Fsp3) is 0.867. The molecule has 2 aliphatic heterocycles. The third-order valence-corrected chi connectivity index (χ3v) is 5.40. The maximum atomic E-state index is 12.9. The molecule has 1 amide bonds. The number of aliphatic carboxylic acids is 1. The van der Waals surface area contributed by atoms with Crippen molar-refractivity contribution in [3.8, 4) is 0 Å². The van der Waals surface area contributed by atoms with Gasteiger partial charge in [0.1, 0.15) is 6.04 Å². The predicted molar refractivity (Wildman–Crippen MR) is 75.8 cm³/mol. The van der Waals surface area contributed by atoms with Crippen LogP contribution in [0.4, 0.5) is 0 Å². The van der Waals surface area contributed by atoms with E-state index < -0.39 is 12.0 Å². The highest BCUT2D eigenvalue weighted by atomic mass is 16.5. The summed E-state index contributed by atoms with van der Waals surface area (Å²) in [4.78, 5) is 26.2. The topological polar surface area (TPSA) is 78.9 Å². The molecule has 6 nitrogen and oxygen atoms in total. The molecular weight excluding hydrogens is 272 g/mol. The zero-order valence-corrected chi connectivity index (χ0v) is 12.5. The molecule has 2 saturated heterocycles. The third-order valence-electron chi connectivity index (χ3n) is 5.40. The van der Waals surface area contributed by atoms with E-state index in [1.165, 1.54) is 0 Å². The lowest BCUT2D eigenvalue weighted by Gasteiger charge is -2.35. The van der Waals surface area contributed by atoms with Gasteiger partial charge in [-0.3, -0.25) is 4.79 Å². The second kappa shape index (κ2) is 5.93. The Labute approximate surface area is 124 Å².